The summed E-state index contributed by atoms with van der Waals surface area (Å²) in [4.78, 5) is 4.33. The second-order valence-corrected chi connectivity index (χ2v) is 3.72. The van der Waals surface area contributed by atoms with Gasteiger partial charge in [-0.25, -0.2) is 4.99 Å². The highest BCUT2D eigenvalue weighted by Crippen LogP contribution is 2.22. The Morgan fingerprint density at radius 3 is 2.79 bits per heavy atom. The molecule has 1 aromatic carbocycles. The highest BCUT2D eigenvalue weighted by Gasteiger charge is 1.98. The molecule has 0 bridgehead atoms. The van der Waals surface area contributed by atoms with Crippen molar-refractivity contribution in [1.82, 2.24) is 0 Å². The Bertz CT molecular complexity index is 345. The molecule has 1 rings (SSSR count). The van der Waals surface area contributed by atoms with Gasteiger partial charge in [-0.1, -0.05) is 18.5 Å². The predicted octanol–water partition coefficient (Wildman–Crippen LogP) is 3.44. The molecule has 0 atom stereocenters. The molecule has 14 heavy (non-hydrogen) atoms. The van der Waals surface area contributed by atoms with Crippen LogP contribution in [0.3, 0.4) is 0 Å². The van der Waals surface area contributed by atoms with Gasteiger partial charge in [0.05, 0.1) is 11.5 Å². The van der Waals surface area contributed by atoms with Crippen LogP contribution in [0.5, 0.6) is 0 Å². The van der Waals surface area contributed by atoms with E-state index in [0.29, 0.717) is 5.84 Å². The Balaban J connectivity index is 2.91. The number of hydrogen-bond donors (Lipinski definition) is 1. The first-order valence-electron chi connectivity index (χ1n) is 4.72. The van der Waals surface area contributed by atoms with Gasteiger partial charge >= 0.3 is 0 Å². The molecule has 0 heterocycles. The fraction of sp³-hybridized carbons (Fsp3) is 0.364. The van der Waals surface area contributed by atoms with Crippen LogP contribution in [0.25, 0.3) is 0 Å². The quantitative estimate of drug-likeness (QED) is 0.603. The van der Waals surface area contributed by atoms with Gasteiger partial charge in [-0.05, 0) is 37.1 Å². The third-order valence-electron chi connectivity index (χ3n) is 1.93. The van der Waals surface area contributed by atoms with Crippen molar-refractivity contribution in [3.63, 3.8) is 0 Å². The lowest BCUT2D eigenvalue weighted by atomic mass is 10.2. The second kappa shape index (κ2) is 5.01. The summed E-state index contributed by atoms with van der Waals surface area (Å²) >= 11 is 5.83. The van der Waals surface area contributed by atoms with Crippen molar-refractivity contribution in [2.45, 2.75) is 26.7 Å². The first-order chi connectivity index (χ1) is 6.63. The number of hydrogen-bond acceptors (Lipinski definition) is 1. The van der Waals surface area contributed by atoms with E-state index in [4.69, 9.17) is 17.3 Å². The Labute approximate surface area is 89.8 Å². The van der Waals surface area contributed by atoms with Crippen molar-refractivity contribution < 1.29 is 0 Å². The summed E-state index contributed by atoms with van der Waals surface area (Å²) in [6, 6.07) is 5.60. The number of nitrogens with two attached hydrogens (primary N) is 1. The number of aryl methyl sites for hydroxylation is 1. The fourth-order valence-corrected chi connectivity index (χ4v) is 1.44. The number of rotatable bonds is 3. The van der Waals surface area contributed by atoms with E-state index in [-0.39, 0.29) is 0 Å². The van der Waals surface area contributed by atoms with E-state index >= 15 is 0 Å². The second-order valence-electron chi connectivity index (χ2n) is 3.28. The molecule has 2 nitrogen and oxygen atoms in total. The molecule has 0 spiro atoms. The fourth-order valence-electron chi connectivity index (χ4n) is 1.21. The molecular formula is C11H15ClN2. The summed E-state index contributed by atoms with van der Waals surface area (Å²) in [5, 5.41) is 0.732. The van der Waals surface area contributed by atoms with E-state index in [2.05, 4.69) is 11.9 Å². The minimum absolute atomic E-state index is 0.679. The molecule has 2 N–H and O–H groups in total. The molecule has 3 heteroatoms. The molecular weight excluding hydrogens is 196 g/mol. The Kier molecular flexibility index (Phi) is 3.96. The molecule has 0 amide bonds. The molecule has 0 fully saturated rings. The van der Waals surface area contributed by atoms with E-state index in [1.165, 1.54) is 0 Å². The van der Waals surface area contributed by atoms with E-state index in [0.717, 1.165) is 29.1 Å². The summed E-state index contributed by atoms with van der Waals surface area (Å²) in [7, 11) is 0. The van der Waals surface area contributed by atoms with Gasteiger partial charge in [-0.15, -0.1) is 0 Å². The molecule has 0 aliphatic heterocycles. The first-order valence-corrected chi connectivity index (χ1v) is 5.10. The number of benzene rings is 1. The van der Waals surface area contributed by atoms with Crippen LogP contribution in [0, 0.1) is 6.92 Å². The largest absolute Gasteiger partial charge is 0.387 e. The van der Waals surface area contributed by atoms with Crippen molar-refractivity contribution in [2.24, 2.45) is 10.7 Å². The van der Waals surface area contributed by atoms with E-state index < -0.39 is 0 Å². The van der Waals surface area contributed by atoms with Gasteiger partial charge in [0, 0.05) is 11.4 Å². The Morgan fingerprint density at radius 1 is 1.50 bits per heavy atom. The summed E-state index contributed by atoms with van der Waals surface area (Å²) in [6.07, 6.45) is 1.85. The van der Waals surface area contributed by atoms with Gasteiger partial charge in [-0.3, -0.25) is 0 Å². The maximum absolute atomic E-state index is 5.83. The highest BCUT2D eigenvalue weighted by atomic mass is 35.5. The Morgan fingerprint density at radius 2 is 2.21 bits per heavy atom. The van der Waals surface area contributed by atoms with Crippen molar-refractivity contribution in [2.75, 3.05) is 0 Å². The Hall–Kier alpha value is -1.02. The minimum Gasteiger partial charge on any atom is -0.387 e. The molecule has 0 aliphatic rings. The summed E-state index contributed by atoms with van der Waals surface area (Å²) in [6.45, 7) is 4.06. The average molecular weight is 211 g/mol. The SMILES string of the molecule is CCCC(N)=Nc1ccc(Cl)cc1C. The lowest BCUT2D eigenvalue weighted by molar-refractivity contribution is 0.983. The van der Waals surface area contributed by atoms with Gasteiger partial charge in [0.1, 0.15) is 0 Å². The van der Waals surface area contributed by atoms with Crippen LogP contribution >= 0.6 is 11.6 Å². The van der Waals surface area contributed by atoms with E-state index in [1.54, 1.807) is 0 Å². The normalized spacial score (nSPS) is 11.8. The summed E-state index contributed by atoms with van der Waals surface area (Å²) < 4.78 is 0. The van der Waals surface area contributed by atoms with Gasteiger partial charge < -0.3 is 5.73 Å². The standard InChI is InChI=1S/C11H15ClN2/c1-3-4-11(13)14-10-6-5-9(12)7-8(10)2/h5-7H,3-4H2,1-2H3,(H2,13,14). The van der Waals surface area contributed by atoms with Crippen LogP contribution < -0.4 is 5.73 Å². The van der Waals surface area contributed by atoms with Crippen LogP contribution in [0.15, 0.2) is 23.2 Å². The van der Waals surface area contributed by atoms with Crippen molar-refractivity contribution >= 4 is 23.1 Å². The summed E-state index contributed by atoms with van der Waals surface area (Å²) in [5.41, 5.74) is 7.70. The highest BCUT2D eigenvalue weighted by molar-refractivity contribution is 6.30. The lowest BCUT2D eigenvalue weighted by Crippen LogP contribution is -2.10. The molecule has 0 unspecified atom stereocenters. The first kappa shape index (κ1) is 11.1. The number of amidine groups is 1. The van der Waals surface area contributed by atoms with Crippen LogP contribution in [0.2, 0.25) is 5.02 Å². The van der Waals surface area contributed by atoms with Crippen LogP contribution in [0.1, 0.15) is 25.3 Å². The molecule has 1 aromatic rings. The lowest BCUT2D eigenvalue weighted by Gasteiger charge is -2.02. The molecule has 0 aromatic heterocycles. The molecule has 0 aliphatic carbocycles. The van der Waals surface area contributed by atoms with Crippen LogP contribution in [-0.2, 0) is 0 Å². The van der Waals surface area contributed by atoms with E-state index in [9.17, 15) is 0 Å². The molecule has 76 valence electrons. The zero-order valence-electron chi connectivity index (χ0n) is 8.55. The smallest absolute Gasteiger partial charge is 0.0996 e. The van der Waals surface area contributed by atoms with E-state index in [1.807, 2.05) is 25.1 Å². The predicted molar refractivity (Wildman–Crippen MR) is 62.4 cm³/mol. The average Bonchev–Trinajstić information content (AvgIpc) is 2.10. The molecule has 0 radical (unpaired) electrons. The van der Waals surface area contributed by atoms with Gasteiger partial charge in [0.2, 0.25) is 0 Å². The maximum atomic E-state index is 5.83. The van der Waals surface area contributed by atoms with Crippen LogP contribution in [-0.4, -0.2) is 5.84 Å². The molecule has 0 saturated heterocycles. The maximum Gasteiger partial charge on any atom is 0.0996 e. The van der Waals surface area contributed by atoms with Crippen molar-refractivity contribution in [3.05, 3.63) is 28.8 Å². The third kappa shape index (κ3) is 3.04. The van der Waals surface area contributed by atoms with Gasteiger partial charge in [0.25, 0.3) is 0 Å². The van der Waals surface area contributed by atoms with Crippen LogP contribution in [0.4, 0.5) is 5.69 Å². The monoisotopic (exact) mass is 210 g/mol. The van der Waals surface area contributed by atoms with Crippen molar-refractivity contribution in [1.29, 1.82) is 0 Å². The molecule has 0 saturated carbocycles. The number of aliphatic imine (C=N–C) groups is 1. The number of halogens is 1. The topological polar surface area (TPSA) is 38.4 Å². The minimum atomic E-state index is 0.679. The zero-order chi connectivity index (χ0) is 10.6. The zero-order valence-corrected chi connectivity index (χ0v) is 9.30. The third-order valence-corrected chi connectivity index (χ3v) is 2.16. The summed E-state index contributed by atoms with van der Waals surface area (Å²) in [5.74, 6) is 0.679. The number of nitrogens with zero attached hydrogens (tertiary/aromatic N) is 1. The van der Waals surface area contributed by atoms with Crippen molar-refractivity contribution in [3.8, 4) is 0 Å². The van der Waals surface area contributed by atoms with Gasteiger partial charge in [0.15, 0.2) is 0 Å². The van der Waals surface area contributed by atoms with Gasteiger partial charge in [-0.2, -0.15) is 0 Å².